The highest BCUT2D eigenvalue weighted by molar-refractivity contribution is 8.05. The third-order valence-corrected chi connectivity index (χ3v) is 4.73. The van der Waals surface area contributed by atoms with Gasteiger partial charge in [-0.05, 0) is 25.3 Å². The number of ketones is 1. The minimum absolute atomic E-state index is 0.0234. The Labute approximate surface area is 158 Å². The molecule has 0 saturated heterocycles. The van der Waals surface area contributed by atoms with Crippen molar-refractivity contribution in [1.29, 1.82) is 0 Å². The monoisotopic (exact) mass is 378 g/mol. The molecule has 0 spiro atoms. The van der Waals surface area contributed by atoms with E-state index in [-0.39, 0.29) is 24.9 Å². The van der Waals surface area contributed by atoms with E-state index in [9.17, 15) is 14.7 Å². The van der Waals surface area contributed by atoms with Gasteiger partial charge in [-0.2, -0.15) is 0 Å². The van der Waals surface area contributed by atoms with Crippen LogP contribution >= 0.6 is 11.8 Å². The van der Waals surface area contributed by atoms with E-state index in [4.69, 9.17) is 5.73 Å². The molecule has 26 heavy (non-hydrogen) atoms. The van der Waals surface area contributed by atoms with Crippen molar-refractivity contribution in [1.82, 2.24) is 14.9 Å². The fraction of sp³-hybridized carbons (Fsp3) is 0.444. The number of nitrogen functional groups attached to an aromatic ring is 1. The Morgan fingerprint density at radius 3 is 2.69 bits per heavy atom. The van der Waals surface area contributed by atoms with Crippen LogP contribution in [-0.4, -0.2) is 38.8 Å². The first-order chi connectivity index (χ1) is 12.3. The normalized spacial score (nSPS) is 12.4. The van der Waals surface area contributed by atoms with Crippen LogP contribution in [0.5, 0.6) is 0 Å². The highest BCUT2D eigenvalue weighted by atomic mass is 32.2. The number of carbonyl (C=O) groups is 2. The van der Waals surface area contributed by atoms with Crippen molar-refractivity contribution in [2.75, 3.05) is 12.3 Å². The maximum atomic E-state index is 11.7. The number of thioether (sulfide) groups is 1. The van der Waals surface area contributed by atoms with Gasteiger partial charge in [0.2, 0.25) is 6.41 Å². The number of nitrogens with zero attached hydrogens (tertiary/aromatic N) is 3. The number of aryl methyl sites for hydroxylation is 1. The number of nitrogens with two attached hydrogens (primary N) is 1. The van der Waals surface area contributed by atoms with E-state index >= 15 is 0 Å². The Balaban J connectivity index is 3.01. The van der Waals surface area contributed by atoms with Gasteiger partial charge >= 0.3 is 0 Å². The van der Waals surface area contributed by atoms with Gasteiger partial charge in [-0.3, -0.25) is 9.59 Å². The number of aliphatic hydroxyl groups is 1. The molecule has 0 radical (unpaired) electrons. The van der Waals surface area contributed by atoms with Crippen molar-refractivity contribution in [3.8, 4) is 0 Å². The molecule has 8 heteroatoms. The van der Waals surface area contributed by atoms with Gasteiger partial charge in [0.25, 0.3) is 0 Å². The molecule has 3 N–H and O–H groups in total. The zero-order valence-corrected chi connectivity index (χ0v) is 16.4. The Morgan fingerprint density at radius 2 is 2.15 bits per heavy atom. The topological polar surface area (TPSA) is 109 Å². The van der Waals surface area contributed by atoms with Gasteiger partial charge in [0, 0.05) is 41.3 Å². The number of amides is 1. The predicted octanol–water partition coefficient (Wildman–Crippen LogP) is 2.41. The van der Waals surface area contributed by atoms with E-state index in [1.807, 2.05) is 13.8 Å². The molecule has 0 aromatic carbocycles. The van der Waals surface area contributed by atoms with E-state index in [1.54, 1.807) is 25.5 Å². The molecule has 7 nitrogen and oxygen atoms in total. The highest BCUT2D eigenvalue weighted by Crippen LogP contribution is 2.27. The van der Waals surface area contributed by atoms with E-state index in [2.05, 4.69) is 9.97 Å². The van der Waals surface area contributed by atoms with Crippen molar-refractivity contribution in [3.63, 3.8) is 0 Å². The van der Waals surface area contributed by atoms with E-state index < -0.39 is 0 Å². The summed E-state index contributed by atoms with van der Waals surface area (Å²) >= 11 is 1.32. The summed E-state index contributed by atoms with van der Waals surface area (Å²) in [6.45, 7) is 7.35. The standard InChI is InChI=1S/C18H26N4O3S/c1-12(2)16(25)6-8-26-17(5-7-23)13(3)22(11-24)10-15-9-20-14(4)21-18(15)19/h6,8-9,11-12,23H,5,7,10H2,1-4H3,(H2,19,20,21)/b8-6+,17-13-. The van der Waals surface area contributed by atoms with Crippen LogP contribution in [0.2, 0.25) is 0 Å². The summed E-state index contributed by atoms with van der Waals surface area (Å²) in [5.41, 5.74) is 7.22. The molecule has 0 fully saturated rings. The maximum Gasteiger partial charge on any atom is 0.214 e. The zero-order chi connectivity index (χ0) is 19.7. The molecule has 0 atom stereocenters. The smallest absolute Gasteiger partial charge is 0.214 e. The van der Waals surface area contributed by atoms with Crippen molar-refractivity contribution in [3.05, 3.63) is 39.7 Å². The average Bonchev–Trinajstić information content (AvgIpc) is 2.59. The molecule has 1 heterocycles. The lowest BCUT2D eigenvalue weighted by Crippen LogP contribution is -2.21. The van der Waals surface area contributed by atoms with Crippen LogP contribution in [0.1, 0.15) is 38.6 Å². The minimum Gasteiger partial charge on any atom is -0.396 e. The molecular formula is C18H26N4O3S. The Kier molecular flexibility index (Phi) is 9.01. The largest absolute Gasteiger partial charge is 0.396 e. The minimum atomic E-state index is -0.0748. The molecule has 0 aliphatic rings. The van der Waals surface area contributed by atoms with Crippen LogP contribution in [0.15, 0.2) is 28.3 Å². The van der Waals surface area contributed by atoms with Crippen LogP contribution in [0.3, 0.4) is 0 Å². The fourth-order valence-electron chi connectivity index (χ4n) is 2.02. The molecule has 1 aromatic heterocycles. The first kappa shape index (κ1) is 21.9. The molecule has 1 amide bonds. The van der Waals surface area contributed by atoms with Crippen LogP contribution in [-0.2, 0) is 16.1 Å². The lowest BCUT2D eigenvalue weighted by molar-refractivity contribution is -0.117. The number of hydrogen-bond acceptors (Lipinski definition) is 7. The maximum absolute atomic E-state index is 11.7. The summed E-state index contributed by atoms with van der Waals surface area (Å²) < 4.78 is 0. The van der Waals surface area contributed by atoms with Gasteiger partial charge in [-0.1, -0.05) is 13.8 Å². The van der Waals surface area contributed by atoms with Crippen molar-refractivity contribution in [2.45, 2.75) is 40.7 Å². The number of allylic oxidation sites excluding steroid dienone is 2. The van der Waals surface area contributed by atoms with Gasteiger partial charge in [0.1, 0.15) is 11.6 Å². The Hall–Kier alpha value is -2.19. The zero-order valence-electron chi connectivity index (χ0n) is 15.6. The molecule has 0 unspecified atom stereocenters. The number of aromatic nitrogens is 2. The Morgan fingerprint density at radius 1 is 1.46 bits per heavy atom. The summed E-state index contributed by atoms with van der Waals surface area (Å²) in [7, 11) is 0. The first-order valence-electron chi connectivity index (χ1n) is 8.27. The lowest BCUT2D eigenvalue weighted by Gasteiger charge is -2.21. The van der Waals surface area contributed by atoms with Crippen molar-refractivity contribution < 1.29 is 14.7 Å². The molecule has 1 aromatic rings. The number of aliphatic hydroxyl groups excluding tert-OH is 1. The summed E-state index contributed by atoms with van der Waals surface area (Å²) in [6, 6.07) is 0. The number of hydrogen-bond donors (Lipinski definition) is 2. The number of carbonyl (C=O) groups excluding carboxylic acids is 2. The van der Waals surface area contributed by atoms with Gasteiger partial charge < -0.3 is 15.7 Å². The summed E-state index contributed by atoms with van der Waals surface area (Å²) in [5.74, 6) is 0.841. The SMILES string of the molecule is C/C(=C(\CCO)S/C=C/C(=O)C(C)C)N(C=O)Cc1cnc(C)nc1N. The number of anilines is 1. The predicted molar refractivity (Wildman–Crippen MR) is 104 cm³/mol. The molecular weight excluding hydrogens is 352 g/mol. The quantitative estimate of drug-likeness (QED) is 0.475. The summed E-state index contributed by atoms with van der Waals surface area (Å²) in [5, 5.41) is 11.0. The number of rotatable bonds is 10. The summed E-state index contributed by atoms with van der Waals surface area (Å²) in [6.07, 6.45) is 4.19. The lowest BCUT2D eigenvalue weighted by atomic mass is 10.1. The fourth-order valence-corrected chi connectivity index (χ4v) is 2.88. The van der Waals surface area contributed by atoms with Crippen LogP contribution < -0.4 is 5.73 Å². The molecule has 0 aliphatic carbocycles. The van der Waals surface area contributed by atoms with Crippen LogP contribution in [0, 0.1) is 12.8 Å². The Bertz CT molecular complexity index is 702. The second kappa shape index (κ2) is 10.7. The molecule has 1 rings (SSSR count). The second-order valence-corrected chi connectivity index (χ2v) is 7.02. The first-order valence-corrected chi connectivity index (χ1v) is 9.15. The van der Waals surface area contributed by atoms with Gasteiger partial charge in [-0.25, -0.2) is 9.97 Å². The van der Waals surface area contributed by atoms with E-state index in [0.29, 0.717) is 35.7 Å². The van der Waals surface area contributed by atoms with E-state index in [0.717, 1.165) is 4.91 Å². The second-order valence-electron chi connectivity index (χ2n) is 6.02. The van der Waals surface area contributed by atoms with Crippen LogP contribution in [0.25, 0.3) is 0 Å². The third-order valence-electron chi connectivity index (χ3n) is 3.67. The van der Waals surface area contributed by atoms with Gasteiger partial charge in [0.05, 0.1) is 6.54 Å². The van der Waals surface area contributed by atoms with Crippen molar-refractivity contribution in [2.24, 2.45) is 5.92 Å². The highest BCUT2D eigenvalue weighted by Gasteiger charge is 2.13. The van der Waals surface area contributed by atoms with Gasteiger partial charge in [-0.15, -0.1) is 11.8 Å². The van der Waals surface area contributed by atoms with Crippen molar-refractivity contribution >= 4 is 29.8 Å². The summed E-state index contributed by atoms with van der Waals surface area (Å²) in [4.78, 5) is 33.8. The van der Waals surface area contributed by atoms with Crippen LogP contribution in [0.4, 0.5) is 5.82 Å². The molecule has 0 saturated carbocycles. The third kappa shape index (κ3) is 6.61. The average molecular weight is 378 g/mol. The molecule has 142 valence electrons. The molecule has 0 aliphatic heterocycles. The van der Waals surface area contributed by atoms with Gasteiger partial charge in [0.15, 0.2) is 5.78 Å². The molecule has 0 bridgehead atoms. The van der Waals surface area contributed by atoms with E-state index in [1.165, 1.54) is 22.7 Å².